The van der Waals surface area contributed by atoms with Gasteiger partial charge in [-0.25, -0.2) is 4.79 Å². The molecule has 71 heavy (non-hydrogen) atoms. The summed E-state index contributed by atoms with van der Waals surface area (Å²) in [5.74, 6) is -5.87. The van der Waals surface area contributed by atoms with Crippen molar-refractivity contribution in [2.75, 3.05) is 19.8 Å². The molecule has 416 valence electrons. The number of carboxylic acids is 1. The van der Waals surface area contributed by atoms with Gasteiger partial charge in [0.15, 0.2) is 6.29 Å². The number of nitrogens with one attached hydrogen (secondary N) is 2. The molecule has 0 spiro atoms. The summed E-state index contributed by atoms with van der Waals surface area (Å²) in [4.78, 5) is 38.3. The third-order valence-electron chi connectivity index (χ3n) is 13.8. The first-order valence-corrected chi connectivity index (χ1v) is 27.5. The molecule has 2 fully saturated rings. The molecule has 0 aliphatic carbocycles. The van der Waals surface area contributed by atoms with Crippen LogP contribution in [0.4, 0.5) is 0 Å². The van der Waals surface area contributed by atoms with Crippen LogP contribution in [0.2, 0.25) is 0 Å². The lowest BCUT2D eigenvalue weighted by Crippen LogP contribution is -2.70. The van der Waals surface area contributed by atoms with Gasteiger partial charge in [0.25, 0.3) is 5.79 Å². The molecule has 13 unspecified atom stereocenters. The lowest BCUT2D eigenvalue weighted by atomic mass is 9.88. The van der Waals surface area contributed by atoms with E-state index in [1.54, 1.807) is 6.08 Å². The number of amides is 2. The Balaban J connectivity index is 2.10. The molecule has 2 rings (SSSR count). The summed E-state index contributed by atoms with van der Waals surface area (Å²) >= 11 is 0. The van der Waals surface area contributed by atoms with Crippen LogP contribution >= 0.6 is 0 Å². The summed E-state index contributed by atoms with van der Waals surface area (Å²) < 4.78 is 23.1. The molecule has 18 heteroatoms. The van der Waals surface area contributed by atoms with Crippen molar-refractivity contribution < 1.29 is 79.3 Å². The monoisotopic (exact) mass is 1020 g/mol. The normalized spacial score (nSPS) is 26.5. The van der Waals surface area contributed by atoms with E-state index in [0.717, 1.165) is 45.4 Å². The maximum atomic E-state index is 13.3. The Hall–Kier alpha value is -2.33. The number of aliphatic hydroxyl groups is 8. The third kappa shape index (κ3) is 25.2. The summed E-state index contributed by atoms with van der Waals surface area (Å²) in [7, 11) is 0. The molecular formula is C53H98N2O16. The van der Waals surface area contributed by atoms with Crippen LogP contribution in [0.1, 0.15) is 207 Å². The molecule has 0 radical (unpaired) electrons. The molecule has 2 aliphatic rings. The fraction of sp³-hybridized carbons (Fsp3) is 0.906. The fourth-order valence-electron chi connectivity index (χ4n) is 9.45. The van der Waals surface area contributed by atoms with Crippen LogP contribution in [-0.4, -0.2) is 163 Å². The molecule has 0 bridgehead atoms. The SMILES string of the molecule is CCCCCCCCCCCCCC=CC(O)C(COC1OC(CO)C(O)C(OC2(C(=O)O)CC(O)C(NC(C)=O)C(C(O)C(O)CO)O2)C1O)NC(=O)CCCCCCCCCCCCCCCCC. The molecule has 2 saturated heterocycles. The van der Waals surface area contributed by atoms with Gasteiger partial charge in [-0.3, -0.25) is 9.59 Å². The van der Waals surface area contributed by atoms with Gasteiger partial charge in [0.2, 0.25) is 11.8 Å². The molecule has 2 amide bonds. The van der Waals surface area contributed by atoms with Gasteiger partial charge in [0.05, 0.1) is 44.1 Å². The third-order valence-corrected chi connectivity index (χ3v) is 13.8. The molecule has 0 aromatic rings. The zero-order chi connectivity index (χ0) is 52.4. The van der Waals surface area contributed by atoms with E-state index in [0.29, 0.717) is 12.8 Å². The topological polar surface area (TPSA) is 294 Å². The van der Waals surface area contributed by atoms with Crippen LogP contribution < -0.4 is 10.6 Å². The van der Waals surface area contributed by atoms with Crippen molar-refractivity contribution in [3.63, 3.8) is 0 Å². The van der Waals surface area contributed by atoms with Gasteiger partial charge in [0, 0.05) is 19.8 Å². The average Bonchev–Trinajstić information content (AvgIpc) is 3.34. The second kappa shape index (κ2) is 38.3. The second-order valence-electron chi connectivity index (χ2n) is 20.1. The highest BCUT2D eigenvalue weighted by molar-refractivity contribution is 5.77. The van der Waals surface area contributed by atoms with Gasteiger partial charge in [0.1, 0.15) is 42.7 Å². The van der Waals surface area contributed by atoms with Crippen molar-refractivity contribution >= 4 is 17.8 Å². The standard InChI is InChI=1S/C53H98N2O16/c1-4-6-8-10-12-14-16-18-19-21-23-25-27-29-31-33-44(62)55-39(40(59)32-30-28-26-24-22-20-17-15-13-11-9-7-5-2)37-68-51-48(65)50(47(64)43(36-57)69-51)71-53(52(66)67)34-41(60)45(54-38(3)58)49(70-53)46(63)42(61)35-56/h30,32,39-43,45-51,56-57,59-61,63-65H,4-29,31,33-37H2,1-3H3,(H,54,58)(H,55,62)(H,66,67). The number of carboxylic acid groups (broad SMARTS) is 1. The maximum Gasteiger partial charge on any atom is 0.364 e. The van der Waals surface area contributed by atoms with Crippen molar-refractivity contribution in [1.82, 2.24) is 10.6 Å². The Morgan fingerprint density at radius 2 is 1.21 bits per heavy atom. The largest absolute Gasteiger partial charge is 0.477 e. The zero-order valence-corrected chi connectivity index (χ0v) is 43.6. The highest BCUT2D eigenvalue weighted by atomic mass is 16.8. The smallest absolute Gasteiger partial charge is 0.364 e. The predicted octanol–water partition coefficient (Wildman–Crippen LogP) is 5.34. The number of aliphatic hydroxyl groups excluding tert-OH is 8. The number of carbonyl (C=O) groups excluding carboxylic acids is 2. The minimum absolute atomic E-state index is 0.206. The van der Waals surface area contributed by atoms with Gasteiger partial charge >= 0.3 is 5.97 Å². The molecule has 11 N–H and O–H groups in total. The number of aliphatic carboxylic acids is 1. The summed E-state index contributed by atoms with van der Waals surface area (Å²) in [5, 5.41) is 102. The summed E-state index contributed by atoms with van der Waals surface area (Å²) in [6, 6.07) is -2.55. The van der Waals surface area contributed by atoms with E-state index in [2.05, 4.69) is 24.5 Å². The van der Waals surface area contributed by atoms with Crippen LogP contribution in [-0.2, 0) is 33.3 Å². The molecule has 0 saturated carbocycles. The highest BCUT2D eigenvalue weighted by Gasteiger charge is 2.59. The van der Waals surface area contributed by atoms with Crippen molar-refractivity contribution in [3.05, 3.63) is 12.2 Å². The van der Waals surface area contributed by atoms with Crippen molar-refractivity contribution in [1.29, 1.82) is 0 Å². The quantitative estimate of drug-likeness (QED) is 0.0272. The zero-order valence-electron chi connectivity index (χ0n) is 43.6. The summed E-state index contributed by atoms with van der Waals surface area (Å²) in [6.07, 6.45) is 16.3. The van der Waals surface area contributed by atoms with Gasteiger partial charge in [-0.15, -0.1) is 0 Å². The Bertz CT molecular complexity index is 1430. The number of hydrogen-bond acceptors (Lipinski definition) is 15. The molecule has 0 aromatic carbocycles. The summed E-state index contributed by atoms with van der Waals surface area (Å²) in [6.45, 7) is 3.23. The second-order valence-corrected chi connectivity index (χ2v) is 20.1. The van der Waals surface area contributed by atoms with E-state index in [-0.39, 0.29) is 12.3 Å². The number of carbonyl (C=O) groups is 3. The Labute approximate surface area is 424 Å². The number of unbranched alkanes of at least 4 members (excludes halogenated alkanes) is 25. The van der Waals surface area contributed by atoms with Crippen LogP contribution in [0, 0.1) is 0 Å². The van der Waals surface area contributed by atoms with Crippen LogP contribution in [0.15, 0.2) is 12.2 Å². The van der Waals surface area contributed by atoms with E-state index in [1.165, 1.54) is 122 Å². The van der Waals surface area contributed by atoms with Gasteiger partial charge < -0.3 is 75.5 Å². The predicted molar refractivity (Wildman–Crippen MR) is 269 cm³/mol. The first-order valence-electron chi connectivity index (χ1n) is 27.5. The Morgan fingerprint density at radius 3 is 1.68 bits per heavy atom. The van der Waals surface area contributed by atoms with E-state index in [4.69, 9.17) is 18.9 Å². The van der Waals surface area contributed by atoms with E-state index >= 15 is 0 Å². The van der Waals surface area contributed by atoms with Crippen molar-refractivity contribution in [2.24, 2.45) is 0 Å². The molecule has 2 aliphatic heterocycles. The number of ether oxygens (including phenoxy) is 4. The van der Waals surface area contributed by atoms with Gasteiger partial charge in [-0.2, -0.15) is 0 Å². The molecule has 18 nitrogen and oxygen atoms in total. The van der Waals surface area contributed by atoms with Gasteiger partial charge in [-0.1, -0.05) is 180 Å². The first kappa shape index (κ1) is 64.8. The molecule has 13 atom stereocenters. The fourth-order valence-corrected chi connectivity index (χ4v) is 9.45. The van der Waals surface area contributed by atoms with E-state index < -0.39 is 117 Å². The van der Waals surface area contributed by atoms with Crippen molar-refractivity contribution in [3.8, 4) is 0 Å². The molecular weight excluding hydrogens is 921 g/mol. The van der Waals surface area contributed by atoms with Crippen LogP contribution in [0.25, 0.3) is 0 Å². The molecule has 0 aromatic heterocycles. The molecule has 2 heterocycles. The van der Waals surface area contributed by atoms with Gasteiger partial charge in [-0.05, 0) is 19.3 Å². The van der Waals surface area contributed by atoms with E-state index in [9.17, 15) is 60.3 Å². The highest BCUT2D eigenvalue weighted by Crippen LogP contribution is 2.37. The minimum atomic E-state index is -2.96. The first-order chi connectivity index (χ1) is 34.2. The number of rotatable bonds is 42. The lowest BCUT2D eigenvalue weighted by molar-refractivity contribution is -0.370. The maximum absolute atomic E-state index is 13.3. The van der Waals surface area contributed by atoms with E-state index in [1.807, 2.05) is 6.08 Å². The van der Waals surface area contributed by atoms with Crippen molar-refractivity contribution in [2.45, 2.75) is 286 Å². The minimum Gasteiger partial charge on any atom is -0.477 e. The Morgan fingerprint density at radius 1 is 0.718 bits per heavy atom. The lowest BCUT2D eigenvalue weighted by Gasteiger charge is -2.50. The van der Waals surface area contributed by atoms with Crippen LogP contribution in [0.3, 0.4) is 0 Å². The van der Waals surface area contributed by atoms with Crippen LogP contribution in [0.5, 0.6) is 0 Å². The summed E-state index contributed by atoms with van der Waals surface area (Å²) in [5.41, 5.74) is 0. The average molecular weight is 1020 g/mol. The number of allylic oxidation sites excluding steroid dienone is 1. The Kier molecular flexibility index (Phi) is 34.9. The number of hydrogen-bond donors (Lipinski definition) is 11.